The molecule has 0 spiro atoms. The number of oxime groups is 1. The Bertz CT molecular complexity index is 204. The molecule has 0 N–H and O–H groups in total. The maximum absolute atomic E-state index is 11.2. The lowest BCUT2D eigenvalue weighted by Crippen LogP contribution is -2.32. The van der Waals surface area contributed by atoms with Crippen molar-refractivity contribution in [2.75, 3.05) is 0 Å². The van der Waals surface area contributed by atoms with Gasteiger partial charge in [0.1, 0.15) is 5.41 Å². The lowest BCUT2D eigenvalue weighted by Gasteiger charge is -2.20. The van der Waals surface area contributed by atoms with Crippen LogP contribution in [0.2, 0.25) is 0 Å². The summed E-state index contributed by atoms with van der Waals surface area (Å²) in [6, 6.07) is 0. The quantitative estimate of drug-likeness (QED) is 0.569. The largest absolute Gasteiger partial charge is 0.346 e. The van der Waals surface area contributed by atoms with Crippen molar-refractivity contribution >= 4 is 11.7 Å². The van der Waals surface area contributed by atoms with Crippen LogP contribution in [0.25, 0.3) is 0 Å². The Hall–Kier alpha value is -0.860. The Labute approximate surface area is 66.4 Å². The van der Waals surface area contributed by atoms with Crippen LogP contribution in [0.1, 0.15) is 33.6 Å². The summed E-state index contributed by atoms with van der Waals surface area (Å²) in [5.74, 6) is -0.194. The van der Waals surface area contributed by atoms with Crippen LogP contribution in [0.3, 0.4) is 0 Å². The van der Waals surface area contributed by atoms with E-state index in [4.69, 9.17) is 0 Å². The Morgan fingerprint density at radius 1 is 1.45 bits per heavy atom. The molecule has 0 aromatic carbocycles. The van der Waals surface area contributed by atoms with Crippen LogP contribution < -0.4 is 0 Å². The molecular formula is C8H13NO2. The van der Waals surface area contributed by atoms with Gasteiger partial charge in [0.25, 0.3) is 0 Å². The molecule has 0 aromatic rings. The SMILES string of the molecule is CCC1(CC)C(=O)ON=C1C. The van der Waals surface area contributed by atoms with Crippen LogP contribution in [-0.2, 0) is 9.63 Å². The topological polar surface area (TPSA) is 38.7 Å². The number of rotatable bonds is 2. The van der Waals surface area contributed by atoms with Crippen LogP contribution in [0.15, 0.2) is 5.16 Å². The zero-order chi connectivity index (χ0) is 8.48. The third kappa shape index (κ3) is 0.951. The van der Waals surface area contributed by atoms with Crippen LogP contribution in [-0.4, -0.2) is 11.7 Å². The Morgan fingerprint density at radius 3 is 2.18 bits per heavy atom. The second-order valence-corrected chi connectivity index (χ2v) is 2.84. The molecule has 0 aliphatic carbocycles. The number of carbonyl (C=O) groups excluding carboxylic acids is 1. The Balaban J connectivity index is 2.96. The monoisotopic (exact) mass is 155 g/mol. The van der Waals surface area contributed by atoms with E-state index in [1.807, 2.05) is 20.8 Å². The van der Waals surface area contributed by atoms with Gasteiger partial charge in [-0.15, -0.1) is 0 Å². The minimum Gasteiger partial charge on any atom is -0.317 e. The zero-order valence-corrected chi connectivity index (χ0v) is 7.18. The van der Waals surface area contributed by atoms with Gasteiger partial charge in [0.15, 0.2) is 0 Å². The molecular weight excluding hydrogens is 142 g/mol. The summed E-state index contributed by atoms with van der Waals surface area (Å²) >= 11 is 0. The molecule has 0 amide bonds. The van der Waals surface area contributed by atoms with E-state index < -0.39 is 5.41 Å². The maximum Gasteiger partial charge on any atom is 0.346 e. The van der Waals surface area contributed by atoms with Crippen molar-refractivity contribution in [3.05, 3.63) is 0 Å². The maximum atomic E-state index is 11.2. The van der Waals surface area contributed by atoms with Crippen molar-refractivity contribution in [3.8, 4) is 0 Å². The van der Waals surface area contributed by atoms with E-state index >= 15 is 0 Å². The van der Waals surface area contributed by atoms with E-state index in [1.54, 1.807) is 0 Å². The van der Waals surface area contributed by atoms with Crippen LogP contribution >= 0.6 is 0 Å². The fourth-order valence-electron chi connectivity index (χ4n) is 1.48. The standard InChI is InChI=1S/C8H13NO2/c1-4-8(5-2)6(3)9-11-7(8)10/h4-5H2,1-3H3. The minimum atomic E-state index is -0.417. The molecule has 0 aromatic heterocycles. The summed E-state index contributed by atoms with van der Waals surface area (Å²) in [4.78, 5) is 15.8. The highest BCUT2D eigenvalue weighted by molar-refractivity contribution is 6.08. The van der Waals surface area contributed by atoms with Crippen molar-refractivity contribution in [3.63, 3.8) is 0 Å². The Morgan fingerprint density at radius 2 is 2.00 bits per heavy atom. The summed E-state index contributed by atoms with van der Waals surface area (Å²) < 4.78 is 0. The third-order valence-electron chi connectivity index (χ3n) is 2.56. The van der Waals surface area contributed by atoms with Crippen LogP contribution in [0.5, 0.6) is 0 Å². The summed E-state index contributed by atoms with van der Waals surface area (Å²) in [6.45, 7) is 5.81. The Kier molecular flexibility index (Phi) is 1.98. The predicted molar refractivity (Wildman–Crippen MR) is 42.2 cm³/mol. The van der Waals surface area contributed by atoms with Gasteiger partial charge in [-0.25, -0.2) is 4.79 Å². The molecule has 0 radical (unpaired) electrons. The van der Waals surface area contributed by atoms with Gasteiger partial charge in [-0.05, 0) is 19.8 Å². The number of hydrogen-bond acceptors (Lipinski definition) is 3. The molecule has 0 atom stereocenters. The predicted octanol–water partition coefficient (Wildman–Crippen LogP) is 1.73. The second-order valence-electron chi connectivity index (χ2n) is 2.84. The molecule has 62 valence electrons. The number of carbonyl (C=O) groups is 1. The van der Waals surface area contributed by atoms with Crippen LogP contribution in [0, 0.1) is 5.41 Å². The molecule has 1 rings (SSSR count). The highest BCUT2D eigenvalue weighted by Gasteiger charge is 2.44. The molecule has 3 nitrogen and oxygen atoms in total. The van der Waals surface area contributed by atoms with E-state index in [0.717, 1.165) is 18.6 Å². The van der Waals surface area contributed by atoms with E-state index in [0.29, 0.717) is 0 Å². The molecule has 0 unspecified atom stereocenters. The molecule has 0 saturated carbocycles. The normalized spacial score (nSPS) is 21.4. The summed E-state index contributed by atoms with van der Waals surface area (Å²) in [6.07, 6.45) is 1.55. The molecule has 1 heterocycles. The van der Waals surface area contributed by atoms with Gasteiger partial charge in [-0.3, -0.25) is 0 Å². The van der Waals surface area contributed by atoms with Crippen molar-refractivity contribution in [1.82, 2.24) is 0 Å². The molecule has 3 heteroatoms. The average Bonchev–Trinajstić information content (AvgIpc) is 2.29. The van der Waals surface area contributed by atoms with E-state index in [1.165, 1.54) is 0 Å². The molecule has 1 aliphatic heterocycles. The highest BCUT2D eigenvalue weighted by Crippen LogP contribution is 2.34. The molecule has 0 saturated heterocycles. The first kappa shape index (κ1) is 8.24. The van der Waals surface area contributed by atoms with Gasteiger partial charge in [-0.2, -0.15) is 0 Å². The fourth-order valence-corrected chi connectivity index (χ4v) is 1.48. The van der Waals surface area contributed by atoms with Gasteiger partial charge in [0.05, 0.1) is 5.71 Å². The first-order chi connectivity index (χ1) is 5.17. The van der Waals surface area contributed by atoms with Gasteiger partial charge in [0.2, 0.25) is 0 Å². The van der Waals surface area contributed by atoms with Gasteiger partial charge >= 0.3 is 5.97 Å². The minimum absolute atomic E-state index is 0.194. The fraction of sp³-hybridized carbons (Fsp3) is 0.750. The number of nitrogens with zero attached hydrogens (tertiary/aromatic N) is 1. The zero-order valence-electron chi connectivity index (χ0n) is 7.18. The molecule has 1 aliphatic rings. The van der Waals surface area contributed by atoms with Gasteiger partial charge in [0, 0.05) is 0 Å². The van der Waals surface area contributed by atoms with Crippen LogP contribution in [0.4, 0.5) is 0 Å². The smallest absolute Gasteiger partial charge is 0.317 e. The summed E-state index contributed by atoms with van der Waals surface area (Å²) in [7, 11) is 0. The highest BCUT2D eigenvalue weighted by atomic mass is 16.7. The van der Waals surface area contributed by atoms with Gasteiger partial charge < -0.3 is 4.84 Å². The number of hydrogen-bond donors (Lipinski definition) is 0. The lowest BCUT2D eigenvalue weighted by atomic mass is 9.79. The lowest BCUT2D eigenvalue weighted by molar-refractivity contribution is -0.148. The first-order valence-electron chi connectivity index (χ1n) is 3.94. The summed E-state index contributed by atoms with van der Waals surface area (Å²) in [5.41, 5.74) is 0.396. The molecule has 0 fully saturated rings. The van der Waals surface area contributed by atoms with Crippen molar-refractivity contribution < 1.29 is 9.63 Å². The van der Waals surface area contributed by atoms with E-state index in [2.05, 4.69) is 9.99 Å². The van der Waals surface area contributed by atoms with E-state index in [9.17, 15) is 4.79 Å². The van der Waals surface area contributed by atoms with Gasteiger partial charge in [-0.1, -0.05) is 19.0 Å². The summed E-state index contributed by atoms with van der Waals surface area (Å²) in [5, 5.41) is 3.68. The van der Waals surface area contributed by atoms with Crippen molar-refractivity contribution in [2.45, 2.75) is 33.6 Å². The second kappa shape index (κ2) is 2.64. The third-order valence-corrected chi connectivity index (χ3v) is 2.56. The van der Waals surface area contributed by atoms with Crippen molar-refractivity contribution in [1.29, 1.82) is 0 Å². The molecule has 0 bridgehead atoms. The first-order valence-corrected chi connectivity index (χ1v) is 3.94. The van der Waals surface area contributed by atoms with E-state index in [-0.39, 0.29) is 5.97 Å². The average molecular weight is 155 g/mol. The van der Waals surface area contributed by atoms with Crippen molar-refractivity contribution in [2.24, 2.45) is 10.6 Å². The molecule has 11 heavy (non-hydrogen) atoms.